The van der Waals surface area contributed by atoms with E-state index < -0.39 is 5.82 Å². The molecule has 110 valence electrons. The van der Waals surface area contributed by atoms with E-state index in [1.807, 2.05) is 0 Å². The first-order valence-electron chi connectivity index (χ1n) is 7.09. The first-order chi connectivity index (χ1) is 9.65. The zero-order valence-electron chi connectivity index (χ0n) is 11.4. The maximum Gasteiger partial charge on any atom is 0.220 e. The summed E-state index contributed by atoms with van der Waals surface area (Å²) in [4.78, 5) is 11.8. The van der Waals surface area contributed by atoms with Crippen LogP contribution in [-0.2, 0) is 11.3 Å². The molecular formula is C15H20ClFN2O. The number of carbonyl (C=O) groups is 1. The molecule has 1 heterocycles. The van der Waals surface area contributed by atoms with Crippen LogP contribution in [0.3, 0.4) is 0 Å². The normalized spacial score (nSPS) is 18.8. The van der Waals surface area contributed by atoms with Gasteiger partial charge >= 0.3 is 0 Å². The van der Waals surface area contributed by atoms with Crippen molar-refractivity contribution in [2.45, 2.75) is 44.7 Å². The highest BCUT2D eigenvalue weighted by Gasteiger charge is 2.13. The molecule has 5 heteroatoms. The van der Waals surface area contributed by atoms with Gasteiger partial charge in [0.2, 0.25) is 5.91 Å². The molecule has 1 aliphatic heterocycles. The highest BCUT2D eigenvalue weighted by atomic mass is 35.5. The monoisotopic (exact) mass is 298 g/mol. The van der Waals surface area contributed by atoms with Crippen LogP contribution >= 0.6 is 11.6 Å². The number of benzene rings is 1. The topological polar surface area (TPSA) is 41.1 Å². The molecule has 0 saturated carbocycles. The molecule has 1 atom stereocenters. The van der Waals surface area contributed by atoms with Crippen LogP contribution in [-0.4, -0.2) is 18.5 Å². The molecule has 1 fully saturated rings. The minimum atomic E-state index is -0.440. The van der Waals surface area contributed by atoms with Crippen LogP contribution in [0.25, 0.3) is 0 Å². The molecule has 20 heavy (non-hydrogen) atoms. The molecule has 1 aromatic carbocycles. The molecule has 1 amide bonds. The molecule has 0 spiro atoms. The van der Waals surface area contributed by atoms with Gasteiger partial charge in [-0.2, -0.15) is 0 Å². The fourth-order valence-electron chi connectivity index (χ4n) is 2.41. The largest absolute Gasteiger partial charge is 0.352 e. The number of halogens is 2. The van der Waals surface area contributed by atoms with Crippen molar-refractivity contribution in [3.05, 3.63) is 34.6 Å². The smallest absolute Gasteiger partial charge is 0.220 e. The lowest BCUT2D eigenvalue weighted by atomic mass is 10.0. The molecule has 0 aliphatic carbocycles. The number of hydrogen-bond acceptors (Lipinski definition) is 2. The maximum absolute atomic E-state index is 13.0. The molecule has 0 bridgehead atoms. The van der Waals surface area contributed by atoms with Crippen molar-refractivity contribution >= 4 is 17.5 Å². The zero-order chi connectivity index (χ0) is 14.4. The summed E-state index contributed by atoms with van der Waals surface area (Å²) < 4.78 is 13.0. The Bertz CT molecular complexity index is 461. The predicted molar refractivity (Wildman–Crippen MR) is 78.1 cm³/mol. The van der Waals surface area contributed by atoms with Gasteiger partial charge in [0.25, 0.3) is 0 Å². The van der Waals surface area contributed by atoms with Gasteiger partial charge in [-0.3, -0.25) is 4.79 Å². The molecule has 1 saturated heterocycles. The molecule has 2 N–H and O–H groups in total. The van der Waals surface area contributed by atoms with Crippen molar-refractivity contribution in [3.8, 4) is 0 Å². The van der Waals surface area contributed by atoms with E-state index in [4.69, 9.17) is 11.6 Å². The predicted octanol–water partition coefficient (Wildman–Crippen LogP) is 3.02. The molecule has 1 aliphatic rings. The number of carbonyl (C=O) groups excluding carboxylic acids is 1. The van der Waals surface area contributed by atoms with Gasteiger partial charge in [0.15, 0.2) is 0 Å². The van der Waals surface area contributed by atoms with E-state index in [9.17, 15) is 9.18 Å². The highest BCUT2D eigenvalue weighted by molar-refractivity contribution is 6.30. The van der Waals surface area contributed by atoms with Crippen molar-refractivity contribution in [3.63, 3.8) is 0 Å². The second-order valence-electron chi connectivity index (χ2n) is 5.21. The van der Waals surface area contributed by atoms with Crippen molar-refractivity contribution in [2.75, 3.05) is 6.54 Å². The van der Waals surface area contributed by atoms with Gasteiger partial charge in [-0.25, -0.2) is 4.39 Å². The summed E-state index contributed by atoms with van der Waals surface area (Å²) >= 11 is 5.70. The second-order valence-corrected chi connectivity index (χ2v) is 5.62. The van der Waals surface area contributed by atoms with Crippen LogP contribution in [0.1, 0.15) is 37.7 Å². The summed E-state index contributed by atoms with van der Waals surface area (Å²) in [5.41, 5.74) is 0.806. The average molecular weight is 299 g/mol. The van der Waals surface area contributed by atoms with Crippen molar-refractivity contribution in [1.82, 2.24) is 10.6 Å². The third kappa shape index (κ3) is 4.76. The molecule has 2 rings (SSSR count). The Labute approximate surface area is 123 Å². The Hall–Kier alpha value is -1.13. The van der Waals surface area contributed by atoms with Crippen LogP contribution in [0, 0.1) is 5.82 Å². The maximum atomic E-state index is 13.0. The molecule has 1 aromatic rings. The van der Waals surface area contributed by atoms with E-state index >= 15 is 0 Å². The summed E-state index contributed by atoms with van der Waals surface area (Å²) in [7, 11) is 0. The molecule has 3 nitrogen and oxygen atoms in total. The lowest BCUT2D eigenvalue weighted by Crippen LogP contribution is -2.35. The van der Waals surface area contributed by atoms with Crippen LogP contribution in [0.5, 0.6) is 0 Å². The van der Waals surface area contributed by atoms with E-state index in [1.165, 1.54) is 18.9 Å². The first-order valence-corrected chi connectivity index (χ1v) is 7.47. The highest BCUT2D eigenvalue weighted by Crippen LogP contribution is 2.16. The Balaban J connectivity index is 1.70. The number of amides is 1. The lowest BCUT2D eigenvalue weighted by Gasteiger charge is -2.23. The van der Waals surface area contributed by atoms with E-state index in [-0.39, 0.29) is 10.9 Å². The fraction of sp³-hybridized carbons (Fsp3) is 0.533. The van der Waals surface area contributed by atoms with Crippen molar-refractivity contribution in [2.24, 2.45) is 0 Å². The zero-order valence-corrected chi connectivity index (χ0v) is 12.2. The number of hydrogen-bond donors (Lipinski definition) is 2. The molecule has 1 unspecified atom stereocenters. The van der Waals surface area contributed by atoms with E-state index in [0.717, 1.165) is 24.9 Å². The van der Waals surface area contributed by atoms with Gasteiger partial charge in [0, 0.05) is 19.0 Å². The first kappa shape index (κ1) is 15.3. The second kappa shape index (κ2) is 7.60. The Morgan fingerprint density at radius 3 is 3.00 bits per heavy atom. The van der Waals surface area contributed by atoms with Gasteiger partial charge in [0.05, 0.1) is 5.02 Å². The van der Waals surface area contributed by atoms with Gasteiger partial charge in [-0.05, 0) is 43.5 Å². The Morgan fingerprint density at radius 1 is 1.45 bits per heavy atom. The standard InChI is InChI=1S/C15H20ClFN2O/c16-13-9-11(4-6-14(13)17)10-19-15(20)7-5-12-3-1-2-8-18-12/h4,6,9,12,18H,1-3,5,7-8,10H2,(H,19,20). The lowest BCUT2D eigenvalue weighted by molar-refractivity contribution is -0.121. The van der Waals surface area contributed by atoms with E-state index in [1.54, 1.807) is 12.1 Å². The van der Waals surface area contributed by atoms with Gasteiger partial charge in [-0.1, -0.05) is 24.1 Å². The van der Waals surface area contributed by atoms with Gasteiger partial charge in [-0.15, -0.1) is 0 Å². The third-order valence-electron chi connectivity index (χ3n) is 3.61. The number of nitrogens with one attached hydrogen (secondary N) is 2. The molecule has 0 aromatic heterocycles. The number of rotatable bonds is 5. The van der Waals surface area contributed by atoms with E-state index in [2.05, 4.69) is 10.6 Å². The molecular weight excluding hydrogens is 279 g/mol. The number of piperidine rings is 1. The van der Waals surface area contributed by atoms with Gasteiger partial charge in [0.1, 0.15) is 5.82 Å². The average Bonchev–Trinajstić information content (AvgIpc) is 2.47. The van der Waals surface area contributed by atoms with Crippen LogP contribution in [0.15, 0.2) is 18.2 Å². The summed E-state index contributed by atoms with van der Waals surface area (Å²) in [6, 6.07) is 4.95. The summed E-state index contributed by atoms with van der Waals surface area (Å²) in [5, 5.41) is 6.35. The summed E-state index contributed by atoms with van der Waals surface area (Å²) in [6.45, 7) is 1.44. The van der Waals surface area contributed by atoms with Crippen LogP contribution in [0.4, 0.5) is 4.39 Å². The van der Waals surface area contributed by atoms with Crippen molar-refractivity contribution in [1.29, 1.82) is 0 Å². The Morgan fingerprint density at radius 2 is 2.30 bits per heavy atom. The van der Waals surface area contributed by atoms with E-state index in [0.29, 0.717) is 19.0 Å². The Kier molecular flexibility index (Phi) is 5.80. The summed E-state index contributed by atoms with van der Waals surface area (Å²) in [5.74, 6) is -0.414. The SMILES string of the molecule is O=C(CCC1CCCCN1)NCc1ccc(F)c(Cl)c1. The minimum absolute atomic E-state index is 0.0258. The quantitative estimate of drug-likeness (QED) is 0.877. The van der Waals surface area contributed by atoms with Crippen LogP contribution in [0.2, 0.25) is 5.02 Å². The van der Waals surface area contributed by atoms with Crippen molar-refractivity contribution < 1.29 is 9.18 Å². The third-order valence-corrected chi connectivity index (χ3v) is 3.90. The molecule has 0 radical (unpaired) electrons. The van der Waals surface area contributed by atoms with Crippen LogP contribution < -0.4 is 10.6 Å². The minimum Gasteiger partial charge on any atom is -0.352 e. The summed E-state index contributed by atoms with van der Waals surface area (Å²) in [6.07, 6.45) is 5.02. The van der Waals surface area contributed by atoms with Gasteiger partial charge < -0.3 is 10.6 Å². The fourth-order valence-corrected chi connectivity index (χ4v) is 2.62.